The summed E-state index contributed by atoms with van der Waals surface area (Å²) in [5.41, 5.74) is 0.914. The summed E-state index contributed by atoms with van der Waals surface area (Å²) in [6.07, 6.45) is 0. The monoisotopic (exact) mass is 265 g/mol. The maximum atomic E-state index is 13.7. The highest BCUT2D eigenvalue weighted by molar-refractivity contribution is 7.10. The number of ether oxygens (including phenoxy) is 1. The van der Waals surface area contributed by atoms with Crippen molar-refractivity contribution in [2.24, 2.45) is 0 Å². The molecule has 1 heterocycles. The Hall–Kier alpha value is -1.39. The van der Waals surface area contributed by atoms with E-state index in [0.717, 1.165) is 12.1 Å². The highest BCUT2D eigenvalue weighted by Crippen LogP contribution is 2.28. The van der Waals surface area contributed by atoms with Crippen molar-refractivity contribution < 1.29 is 9.13 Å². The molecule has 0 saturated heterocycles. The van der Waals surface area contributed by atoms with Crippen LogP contribution in [-0.2, 0) is 0 Å². The molecule has 18 heavy (non-hydrogen) atoms. The Kier molecular flexibility index (Phi) is 4.33. The van der Waals surface area contributed by atoms with E-state index in [2.05, 4.69) is 11.4 Å². The Morgan fingerprint density at radius 1 is 1.39 bits per heavy atom. The van der Waals surface area contributed by atoms with Crippen LogP contribution in [-0.4, -0.2) is 13.7 Å². The number of halogens is 1. The van der Waals surface area contributed by atoms with Crippen molar-refractivity contribution in [1.29, 1.82) is 0 Å². The fourth-order valence-corrected chi connectivity index (χ4v) is 2.73. The van der Waals surface area contributed by atoms with Crippen LogP contribution in [0.5, 0.6) is 5.75 Å². The van der Waals surface area contributed by atoms with Gasteiger partial charge in [-0.15, -0.1) is 11.3 Å². The summed E-state index contributed by atoms with van der Waals surface area (Å²) in [6, 6.07) is 9.20. The average molecular weight is 265 g/mol. The summed E-state index contributed by atoms with van der Waals surface area (Å²) in [5, 5.41) is 5.40. The van der Waals surface area contributed by atoms with Crippen molar-refractivity contribution >= 4 is 11.3 Å². The van der Waals surface area contributed by atoms with Crippen LogP contribution in [0.4, 0.5) is 4.39 Å². The van der Waals surface area contributed by atoms with Crippen LogP contribution in [0.2, 0.25) is 0 Å². The Balaban J connectivity index is 2.34. The number of benzene rings is 1. The first-order valence-corrected chi connectivity index (χ1v) is 6.74. The average Bonchev–Trinajstić information content (AvgIpc) is 2.89. The largest absolute Gasteiger partial charge is 0.494 e. The van der Waals surface area contributed by atoms with Crippen molar-refractivity contribution in [3.63, 3.8) is 0 Å². The van der Waals surface area contributed by atoms with Crippen LogP contribution in [0.3, 0.4) is 0 Å². The van der Waals surface area contributed by atoms with Gasteiger partial charge in [-0.25, -0.2) is 4.39 Å². The van der Waals surface area contributed by atoms with Gasteiger partial charge in [0.15, 0.2) is 11.6 Å². The van der Waals surface area contributed by atoms with Crippen LogP contribution in [0, 0.1) is 5.82 Å². The smallest absolute Gasteiger partial charge is 0.165 e. The van der Waals surface area contributed by atoms with E-state index in [1.807, 2.05) is 24.4 Å². The summed E-state index contributed by atoms with van der Waals surface area (Å²) >= 11 is 1.67. The van der Waals surface area contributed by atoms with E-state index in [1.54, 1.807) is 17.4 Å². The fourth-order valence-electron chi connectivity index (χ4n) is 1.90. The van der Waals surface area contributed by atoms with Crippen molar-refractivity contribution in [2.45, 2.75) is 13.0 Å². The summed E-state index contributed by atoms with van der Waals surface area (Å²) < 4.78 is 18.7. The quantitative estimate of drug-likeness (QED) is 0.892. The molecule has 0 amide bonds. The topological polar surface area (TPSA) is 21.3 Å². The second kappa shape index (κ2) is 5.98. The molecule has 1 N–H and O–H groups in total. The second-order valence-electron chi connectivity index (χ2n) is 3.90. The second-order valence-corrected chi connectivity index (χ2v) is 4.88. The SMILES string of the molecule is CCNC(c1ccc(OC)c(F)c1)c1cccs1. The summed E-state index contributed by atoms with van der Waals surface area (Å²) in [4.78, 5) is 1.18. The zero-order valence-corrected chi connectivity index (χ0v) is 11.3. The molecule has 96 valence electrons. The normalized spacial score (nSPS) is 12.4. The van der Waals surface area contributed by atoms with Gasteiger partial charge < -0.3 is 10.1 Å². The summed E-state index contributed by atoms with van der Waals surface area (Å²) in [7, 11) is 1.47. The maximum absolute atomic E-state index is 13.7. The lowest BCUT2D eigenvalue weighted by atomic mass is 10.0. The number of hydrogen-bond acceptors (Lipinski definition) is 3. The van der Waals surface area contributed by atoms with E-state index in [0.29, 0.717) is 0 Å². The summed E-state index contributed by atoms with van der Waals surface area (Å²) in [5.74, 6) is -0.0466. The first-order valence-electron chi connectivity index (χ1n) is 5.86. The number of hydrogen-bond donors (Lipinski definition) is 1. The van der Waals surface area contributed by atoms with Gasteiger partial charge in [0.25, 0.3) is 0 Å². The highest BCUT2D eigenvalue weighted by atomic mass is 32.1. The molecule has 0 aliphatic carbocycles. The van der Waals surface area contributed by atoms with Gasteiger partial charge in [-0.2, -0.15) is 0 Å². The van der Waals surface area contributed by atoms with Gasteiger partial charge in [0.05, 0.1) is 13.2 Å². The van der Waals surface area contributed by atoms with E-state index in [4.69, 9.17) is 4.74 Å². The third-order valence-electron chi connectivity index (χ3n) is 2.75. The van der Waals surface area contributed by atoms with Crippen LogP contribution >= 0.6 is 11.3 Å². The molecule has 1 unspecified atom stereocenters. The van der Waals surface area contributed by atoms with Gasteiger partial charge in [-0.05, 0) is 35.7 Å². The van der Waals surface area contributed by atoms with Crippen LogP contribution in [0.1, 0.15) is 23.4 Å². The minimum Gasteiger partial charge on any atom is -0.494 e. The number of nitrogens with one attached hydrogen (secondary N) is 1. The Labute approximate surface area is 110 Å². The molecular weight excluding hydrogens is 249 g/mol. The van der Waals surface area contributed by atoms with Crippen molar-refractivity contribution in [3.05, 3.63) is 52.0 Å². The molecule has 1 aromatic heterocycles. The molecule has 0 spiro atoms. The lowest BCUT2D eigenvalue weighted by Crippen LogP contribution is -2.21. The van der Waals surface area contributed by atoms with Crippen molar-refractivity contribution in [2.75, 3.05) is 13.7 Å². The molecule has 2 aromatic rings. The fraction of sp³-hybridized carbons (Fsp3) is 0.286. The molecule has 0 fully saturated rings. The third kappa shape index (κ3) is 2.71. The molecule has 0 bridgehead atoms. The zero-order chi connectivity index (χ0) is 13.0. The Morgan fingerprint density at radius 2 is 2.22 bits per heavy atom. The highest BCUT2D eigenvalue weighted by Gasteiger charge is 2.15. The van der Waals surface area contributed by atoms with Gasteiger partial charge in [-0.1, -0.05) is 19.1 Å². The van der Waals surface area contributed by atoms with Gasteiger partial charge >= 0.3 is 0 Å². The van der Waals surface area contributed by atoms with Gasteiger partial charge in [-0.3, -0.25) is 0 Å². The first-order chi connectivity index (χ1) is 8.76. The predicted octanol–water partition coefficient (Wildman–Crippen LogP) is 3.59. The molecule has 0 radical (unpaired) electrons. The number of rotatable bonds is 5. The van der Waals surface area contributed by atoms with Crippen molar-refractivity contribution in [3.8, 4) is 5.75 Å². The molecule has 0 aliphatic rings. The van der Waals surface area contributed by atoms with E-state index >= 15 is 0 Å². The Bertz CT molecular complexity index is 499. The van der Waals surface area contributed by atoms with Gasteiger partial charge in [0.1, 0.15) is 0 Å². The van der Waals surface area contributed by atoms with E-state index < -0.39 is 0 Å². The molecule has 4 heteroatoms. The minimum atomic E-state index is -0.325. The van der Waals surface area contributed by atoms with Gasteiger partial charge in [0.2, 0.25) is 0 Å². The molecule has 2 rings (SSSR count). The van der Waals surface area contributed by atoms with E-state index in [-0.39, 0.29) is 17.6 Å². The molecular formula is C14H16FNOS. The molecule has 0 aliphatic heterocycles. The molecule has 1 atom stereocenters. The van der Waals surface area contributed by atoms with Gasteiger partial charge in [0, 0.05) is 4.88 Å². The first kappa shape index (κ1) is 13.1. The predicted molar refractivity (Wildman–Crippen MR) is 72.8 cm³/mol. The lowest BCUT2D eigenvalue weighted by molar-refractivity contribution is 0.386. The summed E-state index contributed by atoms with van der Waals surface area (Å²) in [6.45, 7) is 2.87. The van der Waals surface area contributed by atoms with Crippen molar-refractivity contribution in [1.82, 2.24) is 5.32 Å². The maximum Gasteiger partial charge on any atom is 0.165 e. The van der Waals surface area contributed by atoms with Crippen LogP contribution in [0.15, 0.2) is 35.7 Å². The standard InChI is InChI=1S/C14H16FNOS/c1-3-16-14(13-5-4-8-18-13)10-6-7-12(17-2)11(15)9-10/h4-9,14,16H,3H2,1-2H3. The third-order valence-corrected chi connectivity index (χ3v) is 3.68. The molecule has 1 aromatic carbocycles. The number of methoxy groups -OCH3 is 1. The number of thiophene rings is 1. The van der Waals surface area contributed by atoms with E-state index in [9.17, 15) is 4.39 Å². The van der Waals surface area contributed by atoms with Crippen LogP contribution < -0.4 is 10.1 Å². The Morgan fingerprint density at radius 3 is 2.78 bits per heavy atom. The van der Waals surface area contributed by atoms with Crippen LogP contribution in [0.25, 0.3) is 0 Å². The minimum absolute atomic E-state index is 0.0374. The molecule has 0 saturated carbocycles. The lowest BCUT2D eigenvalue weighted by Gasteiger charge is -2.17. The zero-order valence-electron chi connectivity index (χ0n) is 10.4. The molecule has 2 nitrogen and oxygen atoms in total. The van der Waals surface area contributed by atoms with E-state index in [1.165, 1.54) is 18.1 Å².